The number of nitrogens with zero attached hydrogens (tertiary/aromatic N) is 1. The number of carbonyl (C=O) groups excluding carboxylic acids is 3. The average Bonchev–Trinajstić information content (AvgIpc) is 3.77. The molecule has 1 aromatic heterocycles. The van der Waals surface area contributed by atoms with Gasteiger partial charge in [0.15, 0.2) is 6.61 Å². The molecule has 3 N–H and O–H groups in total. The van der Waals surface area contributed by atoms with Crippen molar-refractivity contribution in [1.82, 2.24) is 9.88 Å². The van der Waals surface area contributed by atoms with Gasteiger partial charge in [0, 0.05) is 45.3 Å². The number of rotatable bonds is 11. The van der Waals surface area contributed by atoms with Gasteiger partial charge in [0.05, 0.1) is 16.9 Å². The third-order valence-corrected chi connectivity index (χ3v) is 12.7. The van der Waals surface area contributed by atoms with Gasteiger partial charge in [-0.1, -0.05) is 47.6 Å². The number of H-pyrrole nitrogens is 1. The summed E-state index contributed by atoms with van der Waals surface area (Å²) in [5, 5.41) is 13.1. The topological polar surface area (TPSA) is 146 Å². The Labute approximate surface area is 277 Å². The van der Waals surface area contributed by atoms with Gasteiger partial charge in [-0.15, -0.1) is 11.8 Å². The second kappa shape index (κ2) is 12.5. The minimum atomic E-state index is -0.850. The van der Waals surface area contributed by atoms with Crippen LogP contribution in [0.15, 0.2) is 58.4 Å². The number of nitrogens with one attached hydrogen (secondary N) is 2. The van der Waals surface area contributed by atoms with Gasteiger partial charge in [-0.3, -0.25) is 28.9 Å². The maximum Gasteiger partial charge on any atom is 0.305 e. The number of hydrogen-bond acceptors (Lipinski definition) is 8. The van der Waals surface area contributed by atoms with Crippen molar-refractivity contribution in [2.45, 2.75) is 48.3 Å². The van der Waals surface area contributed by atoms with Gasteiger partial charge in [-0.05, 0) is 67.3 Å². The summed E-state index contributed by atoms with van der Waals surface area (Å²) in [6.07, 6.45) is 2.57. The lowest BCUT2D eigenvalue weighted by Gasteiger charge is -2.43. The van der Waals surface area contributed by atoms with Crippen LogP contribution in [0, 0.1) is 29.6 Å². The number of imide groups is 1. The number of anilines is 1. The van der Waals surface area contributed by atoms with Crippen LogP contribution in [-0.2, 0) is 19.2 Å². The first-order chi connectivity index (χ1) is 22.2. The van der Waals surface area contributed by atoms with Gasteiger partial charge in [0.2, 0.25) is 11.8 Å². The van der Waals surface area contributed by atoms with Crippen molar-refractivity contribution < 1.29 is 29.0 Å². The number of unbranched alkanes of at least 4 members (excludes halogenated alkanes) is 2. The fourth-order valence-electron chi connectivity index (χ4n) is 8.11. The molecule has 3 amide bonds. The van der Waals surface area contributed by atoms with Crippen LogP contribution in [0.25, 0.3) is 0 Å². The Bertz CT molecular complexity index is 1760. The number of aromatic amines is 1. The van der Waals surface area contributed by atoms with Crippen LogP contribution < -0.4 is 14.9 Å². The van der Waals surface area contributed by atoms with Crippen LogP contribution in [-0.4, -0.2) is 57.1 Å². The maximum absolute atomic E-state index is 13.8. The highest BCUT2D eigenvalue weighted by Crippen LogP contribution is 2.69. The zero-order valence-electron chi connectivity index (χ0n) is 24.6. The summed E-state index contributed by atoms with van der Waals surface area (Å²) in [6.45, 7) is 0.0850. The number of fused-ring (bicyclic) bond motifs is 9. The highest BCUT2D eigenvalue weighted by molar-refractivity contribution is 8.00. The van der Waals surface area contributed by atoms with E-state index in [0.29, 0.717) is 42.3 Å². The predicted octanol–water partition coefficient (Wildman–Crippen LogP) is 5.23. The van der Waals surface area contributed by atoms with E-state index in [1.807, 2.05) is 24.3 Å². The Morgan fingerprint density at radius 2 is 1.74 bits per heavy atom. The number of aliphatic carboxylic acids is 1. The number of benzene rings is 2. The van der Waals surface area contributed by atoms with Gasteiger partial charge in [0.1, 0.15) is 5.75 Å². The quantitative estimate of drug-likeness (QED) is 0.184. The predicted molar refractivity (Wildman–Crippen MR) is 173 cm³/mol. The first kappa shape index (κ1) is 31.0. The number of likely N-dealkylation sites (tertiary alicyclic amines) is 1. The largest absolute Gasteiger partial charge is 0.483 e. The lowest BCUT2D eigenvalue weighted by Crippen LogP contribution is -2.42. The highest BCUT2D eigenvalue weighted by Gasteiger charge is 2.69. The molecule has 3 heterocycles. The molecule has 2 aliphatic heterocycles. The first-order valence-electron chi connectivity index (χ1n) is 15.4. The van der Waals surface area contributed by atoms with E-state index in [9.17, 15) is 24.0 Å². The van der Waals surface area contributed by atoms with E-state index in [-0.39, 0.29) is 70.5 Å². The summed E-state index contributed by atoms with van der Waals surface area (Å²) in [4.78, 5) is 69.0. The van der Waals surface area contributed by atoms with E-state index in [1.54, 1.807) is 36.0 Å². The third kappa shape index (κ3) is 5.54. The number of para-hydroxylation sites is 1. The smallest absolute Gasteiger partial charge is 0.305 e. The summed E-state index contributed by atoms with van der Waals surface area (Å²) >= 11 is 8.75. The molecule has 0 spiro atoms. The summed E-state index contributed by atoms with van der Waals surface area (Å²) in [5.74, 6) is -1.97. The molecule has 6 unspecified atom stereocenters. The second-order valence-corrected chi connectivity index (χ2v) is 15.0. The number of hydrogen-bond donors (Lipinski definition) is 3. The SMILES string of the molecule is O=C(O)CCCCCN1C(=O)C2C3CC(C2C1=O)C1C3Sc2[nH]c(=O)sc2[C@@H]1c1ccccc1OCC(=O)Nc1ccc(Cl)cc1. The number of thioether (sulfide) groups is 1. The van der Waals surface area contributed by atoms with E-state index in [1.165, 1.54) is 16.2 Å². The molecule has 13 heteroatoms. The monoisotopic (exact) mass is 681 g/mol. The number of carboxylic acid groups (broad SMARTS) is 1. The number of carboxylic acids is 1. The minimum absolute atomic E-state index is 0.00394. The molecule has 10 nitrogen and oxygen atoms in total. The van der Waals surface area contributed by atoms with Crippen molar-refractivity contribution in [3.8, 4) is 5.75 Å². The number of thiazole rings is 1. The Hall–Kier alpha value is -3.61. The molecule has 2 aromatic carbocycles. The number of aromatic nitrogens is 1. The molecule has 7 rings (SSSR count). The molecule has 2 saturated carbocycles. The van der Waals surface area contributed by atoms with Gasteiger partial charge in [-0.2, -0.15) is 0 Å². The number of ether oxygens (including phenoxy) is 1. The zero-order chi connectivity index (χ0) is 32.1. The number of halogens is 1. The van der Waals surface area contributed by atoms with Gasteiger partial charge >= 0.3 is 10.8 Å². The molecule has 3 aromatic rings. The lowest BCUT2D eigenvalue weighted by atomic mass is 9.68. The van der Waals surface area contributed by atoms with Crippen LogP contribution in [0.4, 0.5) is 5.69 Å². The Morgan fingerprint density at radius 1 is 1.00 bits per heavy atom. The van der Waals surface area contributed by atoms with Crippen LogP contribution in [0.2, 0.25) is 5.02 Å². The summed E-state index contributed by atoms with van der Waals surface area (Å²) in [6, 6.07) is 14.3. The zero-order valence-corrected chi connectivity index (χ0v) is 27.0. The first-order valence-corrected chi connectivity index (χ1v) is 17.5. The number of carbonyl (C=O) groups is 4. The molecule has 2 aliphatic carbocycles. The van der Waals surface area contributed by atoms with Gasteiger partial charge in [0.25, 0.3) is 5.91 Å². The highest BCUT2D eigenvalue weighted by atomic mass is 35.5. The molecule has 240 valence electrons. The van der Waals surface area contributed by atoms with Crippen molar-refractivity contribution >= 4 is 64.1 Å². The maximum atomic E-state index is 13.8. The van der Waals surface area contributed by atoms with Gasteiger partial charge < -0.3 is 20.1 Å². The van der Waals surface area contributed by atoms with Crippen molar-refractivity contribution in [3.63, 3.8) is 0 Å². The molecule has 7 atom stereocenters. The average molecular weight is 682 g/mol. The van der Waals surface area contributed by atoms with Crippen molar-refractivity contribution in [3.05, 3.63) is 73.7 Å². The summed E-state index contributed by atoms with van der Waals surface area (Å²) in [7, 11) is 0. The van der Waals surface area contributed by atoms with Crippen molar-refractivity contribution in [2.75, 3.05) is 18.5 Å². The van der Waals surface area contributed by atoms with E-state index < -0.39 is 11.9 Å². The molecule has 1 saturated heterocycles. The van der Waals surface area contributed by atoms with E-state index in [2.05, 4.69) is 10.3 Å². The molecular weight excluding hydrogens is 650 g/mol. The van der Waals surface area contributed by atoms with Crippen LogP contribution in [0.5, 0.6) is 5.75 Å². The van der Waals surface area contributed by atoms with Crippen molar-refractivity contribution in [1.29, 1.82) is 0 Å². The second-order valence-electron chi connectivity index (χ2n) is 12.4. The molecule has 4 aliphatic rings. The van der Waals surface area contributed by atoms with E-state index >= 15 is 0 Å². The van der Waals surface area contributed by atoms with E-state index in [4.69, 9.17) is 21.4 Å². The molecular formula is C33H32ClN3O7S2. The van der Waals surface area contributed by atoms with Crippen LogP contribution in [0.1, 0.15) is 48.5 Å². The fourth-order valence-corrected chi connectivity index (χ4v) is 11.1. The van der Waals surface area contributed by atoms with Crippen LogP contribution >= 0.6 is 34.7 Å². The standard InChI is InChI=1S/C33H32ClN3O7S2/c34-16-9-11-17(12-10-16)35-22(38)15-44-21-7-4-3-6-18(21)24-25-19-14-20(28(25)45-30-29(24)46-33(43)36-30)27-26(19)31(41)37(32(27)42)13-5-1-2-8-23(39)40/h3-4,6-7,9-12,19-20,24-28H,1-2,5,8,13-15H2,(H,35,38)(H,36,43)(H,39,40)/t19?,20?,24-,25?,26?,27?,28?/m1/s1. The normalized spacial score (nSPS) is 27.3. The third-order valence-electron chi connectivity index (χ3n) is 9.83. The fraction of sp³-hybridized carbons (Fsp3) is 0.424. The van der Waals surface area contributed by atoms with E-state index in [0.717, 1.165) is 21.9 Å². The lowest BCUT2D eigenvalue weighted by molar-refractivity contribution is -0.141. The Balaban J connectivity index is 1.14. The molecule has 0 radical (unpaired) electrons. The summed E-state index contributed by atoms with van der Waals surface area (Å²) < 4.78 is 6.12. The molecule has 3 fully saturated rings. The molecule has 46 heavy (non-hydrogen) atoms. The minimum Gasteiger partial charge on any atom is -0.483 e. The van der Waals surface area contributed by atoms with Crippen LogP contribution in [0.3, 0.4) is 0 Å². The number of amides is 3. The molecule has 2 bridgehead atoms. The van der Waals surface area contributed by atoms with Gasteiger partial charge in [-0.25, -0.2) is 0 Å². The summed E-state index contributed by atoms with van der Waals surface area (Å²) in [5.41, 5.74) is 1.45. The van der Waals surface area contributed by atoms with Crippen molar-refractivity contribution in [2.24, 2.45) is 29.6 Å². The Kier molecular flexibility index (Phi) is 8.45. The Morgan fingerprint density at radius 3 is 2.50 bits per heavy atom.